The number of esters is 1. The summed E-state index contributed by atoms with van der Waals surface area (Å²) in [7, 11) is 0.649. The zero-order valence-electron chi connectivity index (χ0n) is 21.6. The van der Waals surface area contributed by atoms with Crippen molar-refractivity contribution in [3.8, 4) is 0 Å². The molecule has 37 heavy (non-hydrogen) atoms. The smallest absolute Gasteiger partial charge is 0.348 e. The molecule has 5 aliphatic rings. The molecule has 5 rings (SSSR count). The van der Waals surface area contributed by atoms with Crippen molar-refractivity contribution in [2.24, 2.45) is 28.6 Å². The number of allylic oxidation sites excluding steroid dienone is 4. The number of aliphatic carboxylic acids is 1. The van der Waals surface area contributed by atoms with E-state index in [2.05, 4.69) is 6.92 Å². The van der Waals surface area contributed by atoms with Gasteiger partial charge in [-0.05, 0) is 75.4 Å². The second-order valence-corrected chi connectivity index (χ2v) is 15.6. The molecular formula is C28H38O7S2. The summed E-state index contributed by atoms with van der Waals surface area (Å²) in [5.74, 6) is -0.747. The van der Waals surface area contributed by atoms with E-state index in [0.717, 1.165) is 43.4 Å². The topological polar surface area (TPSA) is 124 Å². The quantitative estimate of drug-likeness (QED) is 0.207. The number of hydrogen-bond donors (Lipinski definition) is 2. The Morgan fingerprint density at radius 1 is 1.24 bits per heavy atom. The molecule has 2 N–H and O–H groups in total. The second-order valence-electron chi connectivity index (χ2n) is 12.1. The van der Waals surface area contributed by atoms with E-state index in [-0.39, 0.29) is 48.0 Å². The van der Waals surface area contributed by atoms with E-state index in [0.29, 0.717) is 12.8 Å². The Balaban J connectivity index is 1.30. The summed E-state index contributed by atoms with van der Waals surface area (Å²) in [5.41, 5.74) is -1.90. The van der Waals surface area contributed by atoms with E-state index in [1.807, 2.05) is 13.0 Å². The lowest BCUT2D eigenvalue weighted by molar-refractivity contribution is -0.209. The summed E-state index contributed by atoms with van der Waals surface area (Å²) in [6.07, 6.45) is 10.4. The SMILES string of the molecule is CC12C=CC(=O)C=C1CCC1C2C(O)CC2(C)C1CCC2(OC(=O)CCCC[C@@H]1CCS[S+]1[O-])C(=O)O. The zero-order chi connectivity index (χ0) is 26.6. The molecule has 9 heteroatoms. The average Bonchev–Trinajstić information content (AvgIpc) is 3.37. The number of carboxylic acid groups (broad SMARTS) is 1. The highest BCUT2D eigenvalue weighted by atomic mass is 33.1. The summed E-state index contributed by atoms with van der Waals surface area (Å²) in [4.78, 5) is 37.8. The third-order valence-electron chi connectivity index (χ3n) is 10.3. The molecule has 4 aliphatic carbocycles. The fraction of sp³-hybridized carbons (Fsp3) is 0.750. The first-order chi connectivity index (χ1) is 17.5. The van der Waals surface area contributed by atoms with Gasteiger partial charge in [0.1, 0.15) is 5.25 Å². The van der Waals surface area contributed by atoms with Gasteiger partial charge < -0.3 is 19.5 Å². The molecule has 0 spiro atoms. The minimum Gasteiger partial charge on any atom is -0.605 e. The summed E-state index contributed by atoms with van der Waals surface area (Å²) < 4.78 is 17.8. The highest BCUT2D eigenvalue weighted by molar-refractivity contribution is 8.72. The Morgan fingerprint density at radius 2 is 2.03 bits per heavy atom. The van der Waals surface area contributed by atoms with Crippen molar-refractivity contribution in [3.63, 3.8) is 0 Å². The number of hydrogen-bond acceptors (Lipinski definition) is 7. The Kier molecular flexibility index (Phi) is 7.40. The maximum atomic E-state index is 13.0. The van der Waals surface area contributed by atoms with Crippen LogP contribution in [0.5, 0.6) is 0 Å². The van der Waals surface area contributed by atoms with Crippen molar-refractivity contribution in [2.75, 3.05) is 5.75 Å². The maximum Gasteiger partial charge on any atom is 0.348 e. The Morgan fingerprint density at radius 3 is 2.73 bits per heavy atom. The van der Waals surface area contributed by atoms with E-state index in [1.165, 1.54) is 10.8 Å². The van der Waals surface area contributed by atoms with Crippen LogP contribution >= 0.6 is 10.8 Å². The molecule has 9 atom stereocenters. The van der Waals surface area contributed by atoms with Gasteiger partial charge in [0.25, 0.3) is 0 Å². The Bertz CT molecular complexity index is 1030. The number of fused-ring (bicyclic) bond motifs is 5. The van der Waals surface area contributed by atoms with Gasteiger partial charge in [0.05, 0.1) is 16.9 Å². The van der Waals surface area contributed by atoms with Crippen LogP contribution in [0.4, 0.5) is 0 Å². The molecule has 3 saturated carbocycles. The van der Waals surface area contributed by atoms with Gasteiger partial charge in [-0.1, -0.05) is 25.5 Å². The van der Waals surface area contributed by atoms with Crippen LogP contribution in [-0.4, -0.2) is 55.2 Å². The zero-order valence-corrected chi connectivity index (χ0v) is 23.3. The van der Waals surface area contributed by atoms with Crippen molar-refractivity contribution in [1.82, 2.24) is 0 Å². The molecule has 0 radical (unpaired) electrons. The first-order valence-electron chi connectivity index (χ1n) is 13.6. The molecule has 204 valence electrons. The molecular weight excluding hydrogens is 512 g/mol. The largest absolute Gasteiger partial charge is 0.605 e. The lowest BCUT2D eigenvalue weighted by Gasteiger charge is -2.59. The summed E-state index contributed by atoms with van der Waals surface area (Å²) in [6, 6.07) is 0. The first kappa shape index (κ1) is 27.3. The van der Waals surface area contributed by atoms with Crippen molar-refractivity contribution in [2.45, 2.75) is 95.0 Å². The monoisotopic (exact) mass is 550 g/mol. The standard InChI is InChI=1S/C28H38O7S2/c1-26-12-9-18(29)15-17(26)7-8-20-21-10-13-28(25(32)33,27(21,2)16-22(30)24(20)26)35-23(31)6-4-3-5-19-11-14-36-37(19)34/h9,12,15,19-22,24,30H,3-8,10-11,13-14,16H2,1-2H3,(H,32,33)/t19-,20?,21?,22?,24?,26?,27?,28?,37?/m1/s1. The van der Waals surface area contributed by atoms with Crippen LogP contribution in [0.3, 0.4) is 0 Å². The molecule has 0 amide bonds. The third-order valence-corrected chi connectivity index (χ3v) is 14.0. The fourth-order valence-corrected chi connectivity index (χ4v) is 11.9. The lowest BCUT2D eigenvalue weighted by atomic mass is 9.46. The molecule has 1 saturated heterocycles. The van der Waals surface area contributed by atoms with Crippen LogP contribution in [0.15, 0.2) is 23.8 Å². The normalized spacial score (nSPS) is 44.5. The minimum atomic E-state index is -1.65. The van der Waals surface area contributed by atoms with Gasteiger partial charge in [-0.2, -0.15) is 0 Å². The van der Waals surface area contributed by atoms with Crippen molar-refractivity contribution < 1.29 is 33.9 Å². The second kappa shape index (κ2) is 10.0. The summed E-state index contributed by atoms with van der Waals surface area (Å²) >= 11 is 0. The highest BCUT2D eigenvalue weighted by Crippen LogP contribution is 2.67. The van der Waals surface area contributed by atoms with E-state index in [1.54, 1.807) is 12.2 Å². The Labute approximate surface area is 225 Å². The number of rotatable bonds is 7. The molecule has 0 bridgehead atoms. The number of carboxylic acids is 1. The average molecular weight is 551 g/mol. The van der Waals surface area contributed by atoms with Crippen LogP contribution in [0.2, 0.25) is 0 Å². The molecule has 7 nitrogen and oxygen atoms in total. The van der Waals surface area contributed by atoms with Crippen LogP contribution < -0.4 is 0 Å². The molecule has 0 aromatic heterocycles. The highest BCUT2D eigenvalue weighted by Gasteiger charge is 2.71. The third kappa shape index (κ3) is 4.42. The van der Waals surface area contributed by atoms with E-state index in [4.69, 9.17) is 4.74 Å². The molecule has 0 aromatic rings. The van der Waals surface area contributed by atoms with Gasteiger partial charge in [0, 0.05) is 45.6 Å². The van der Waals surface area contributed by atoms with Crippen LogP contribution in [-0.2, 0) is 29.3 Å². The Hall–Kier alpha value is -1.29. The predicted molar refractivity (Wildman–Crippen MR) is 142 cm³/mol. The summed E-state index contributed by atoms with van der Waals surface area (Å²) in [6.45, 7) is 3.98. The molecule has 8 unspecified atom stereocenters. The molecule has 1 heterocycles. The van der Waals surface area contributed by atoms with Gasteiger partial charge in [-0.25, -0.2) is 4.79 Å². The van der Waals surface area contributed by atoms with E-state index in [9.17, 15) is 29.1 Å². The first-order valence-corrected chi connectivity index (χ1v) is 16.3. The molecule has 1 aliphatic heterocycles. The number of ether oxygens (including phenoxy) is 1. The van der Waals surface area contributed by atoms with E-state index >= 15 is 0 Å². The minimum absolute atomic E-state index is 0.00375. The van der Waals surface area contributed by atoms with Crippen LogP contribution in [0.25, 0.3) is 0 Å². The van der Waals surface area contributed by atoms with Crippen molar-refractivity contribution in [3.05, 3.63) is 23.8 Å². The number of aliphatic hydroxyl groups excluding tert-OH is 1. The number of ketones is 1. The number of carbonyl (C=O) groups is 3. The fourth-order valence-electron chi connectivity index (χ4n) is 8.46. The van der Waals surface area contributed by atoms with E-state index < -0.39 is 44.7 Å². The van der Waals surface area contributed by atoms with Gasteiger partial charge in [0.2, 0.25) is 5.60 Å². The lowest BCUT2D eigenvalue weighted by Crippen LogP contribution is -2.62. The van der Waals surface area contributed by atoms with Gasteiger partial charge >= 0.3 is 11.9 Å². The number of unbranched alkanes of at least 4 members (excludes halogenated alkanes) is 1. The number of carbonyl (C=O) groups excluding carboxylic acids is 2. The van der Waals surface area contributed by atoms with Gasteiger partial charge in [0.15, 0.2) is 5.78 Å². The van der Waals surface area contributed by atoms with Gasteiger partial charge in [-0.3, -0.25) is 9.59 Å². The molecule has 0 aromatic carbocycles. The predicted octanol–water partition coefficient (Wildman–Crippen LogP) is 4.36. The molecule has 4 fully saturated rings. The van der Waals surface area contributed by atoms with Crippen molar-refractivity contribution in [1.29, 1.82) is 0 Å². The van der Waals surface area contributed by atoms with Gasteiger partial charge in [-0.15, -0.1) is 0 Å². The maximum absolute atomic E-state index is 13.0. The number of aliphatic hydroxyl groups is 1. The van der Waals surface area contributed by atoms with Crippen molar-refractivity contribution >= 4 is 38.7 Å². The van der Waals surface area contributed by atoms with Crippen LogP contribution in [0.1, 0.15) is 78.1 Å². The van der Waals surface area contributed by atoms with Crippen LogP contribution in [0, 0.1) is 28.6 Å². The summed E-state index contributed by atoms with van der Waals surface area (Å²) in [5, 5.41) is 22.2.